The van der Waals surface area contributed by atoms with E-state index in [1.807, 2.05) is 50.9 Å². The van der Waals surface area contributed by atoms with Gasteiger partial charge in [0.15, 0.2) is 0 Å². The molecule has 25 heavy (non-hydrogen) atoms. The van der Waals surface area contributed by atoms with Crippen LogP contribution in [0.2, 0.25) is 0 Å². The van der Waals surface area contributed by atoms with Crippen LogP contribution in [0.25, 0.3) is 5.57 Å². The lowest BCUT2D eigenvalue weighted by Gasteiger charge is -2.30. The highest BCUT2D eigenvalue weighted by molar-refractivity contribution is 9.10. The number of aliphatic hydroxyl groups is 1. The van der Waals surface area contributed by atoms with Gasteiger partial charge in [-0.15, -0.1) is 0 Å². The van der Waals surface area contributed by atoms with Crippen molar-refractivity contribution < 1.29 is 9.50 Å². The Hall–Kier alpha value is -1.81. The maximum atomic E-state index is 14.6. The van der Waals surface area contributed by atoms with E-state index in [-0.39, 0.29) is 11.6 Å². The molecular formula is C21H25BrFNO. The fourth-order valence-electron chi connectivity index (χ4n) is 2.90. The van der Waals surface area contributed by atoms with Crippen LogP contribution in [0.1, 0.15) is 46.1 Å². The van der Waals surface area contributed by atoms with Crippen molar-refractivity contribution >= 4 is 21.5 Å². The van der Waals surface area contributed by atoms with E-state index in [0.717, 1.165) is 35.3 Å². The molecule has 0 spiro atoms. The van der Waals surface area contributed by atoms with Gasteiger partial charge < -0.3 is 10.0 Å². The van der Waals surface area contributed by atoms with Gasteiger partial charge in [-0.1, -0.05) is 41.4 Å². The second-order valence-electron chi connectivity index (χ2n) is 6.28. The molecule has 0 amide bonds. The largest absolute Gasteiger partial charge is 0.505 e. The molecule has 4 heteroatoms. The number of halogens is 2. The molecule has 2 nitrogen and oxygen atoms in total. The molecule has 0 saturated carbocycles. The van der Waals surface area contributed by atoms with Gasteiger partial charge in [0.25, 0.3) is 0 Å². The van der Waals surface area contributed by atoms with E-state index in [2.05, 4.69) is 22.9 Å². The number of hydrogen-bond acceptors (Lipinski definition) is 2. The van der Waals surface area contributed by atoms with Crippen molar-refractivity contribution in [3.63, 3.8) is 0 Å². The van der Waals surface area contributed by atoms with E-state index in [9.17, 15) is 9.50 Å². The van der Waals surface area contributed by atoms with E-state index >= 15 is 0 Å². The van der Waals surface area contributed by atoms with Crippen molar-refractivity contribution in [1.29, 1.82) is 0 Å². The minimum Gasteiger partial charge on any atom is -0.505 e. The molecule has 0 unspecified atom stereocenters. The van der Waals surface area contributed by atoms with Crippen molar-refractivity contribution in [2.45, 2.75) is 40.5 Å². The van der Waals surface area contributed by atoms with Crippen LogP contribution in [0, 0.1) is 5.82 Å². The van der Waals surface area contributed by atoms with E-state index in [0.29, 0.717) is 15.7 Å². The van der Waals surface area contributed by atoms with Crippen LogP contribution in [0.5, 0.6) is 0 Å². The molecule has 2 rings (SSSR count). The van der Waals surface area contributed by atoms with Gasteiger partial charge in [-0.05, 0) is 62.1 Å². The molecule has 0 fully saturated rings. The van der Waals surface area contributed by atoms with Crippen molar-refractivity contribution in [2.24, 2.45) is 0 Å². The molecule has 1 aromatic carbocycles. The van der Waals surface area contributed by atoms with Gasteiger partial charge in [-0.2, -0.15) is 0 Å². The molecule has 1 N–H and O–H groups in total. The Kier molecular flexibility index (Phi) is 6.28. The quantitative estimate of drug-likeness (QED) is 0.600. The van der Waals surface area contributed by atoms with Crippen LogP contribution in [0.15, 0.2) is 63.1 Å². The van der Waals surface area contributed by atoms with Crippen LogP contribution in [0.3, 0.4) is 0 Å². The number of nitrogens with zero attached hydrogens (tertiary/aromatic N) is 1. The normalized spacial score (nSPS) is 17.8. The molecule has 1 aromatic rings. The molecule has 0 bridgehead atoms. The Bertz CT molecular complexity index is 802. The zero-order valence-corrected chi connectivity index (χ0v) is 17.0. The van der Waals surface area contributed by atoms with Crippen molar-refractivity contribution in [1.82, 2.24) is 4.90 Å². The number of hydrogen-bond donors (Lipinski definition) is 1. The van der Waals surface area contributed by atoms with Gasteiger partial charge in [-0.3, -0.25) is 0 Å². The summed E-state index contributed by atoms with van der Waals surface area (Å²) in [6.07, 6.45) is 5.55. The Balaban J connectivity index is 2.65. The predicted molar refractivity (Wildman–Crippen MR) is 107 cm³/mol. The van der Waals surface area contributed by atoms with Gasteiger partial charge in [0.05, 0.1) is 5.70 Å². The lowest BCUT2D eigenvalue weighted by atomic mass is 9.95. The molecule has 0 saturated heterocycles. The maximum absolute atomic E-state index is 14.6. The molecule has 1 heterocycles. The number of rotatable bonds is 4. The van der Waals surface area contributed by atoms with Crippen LogP contribution >= 0.6 is 15.9 Å². The molecular weight excluding hydrogens is 381 g/mol. The maximum Gasteiger partial charge on any atom is 0.142 e. The highest BCUT2D eigenvalue weighted by Crippen LogP contribution is 2.33. The number of allylic oxidation sites excluding steroid dienone is 6. The summed E-state index contributed by atoms with van der Waals surface area (Å²) in [5.41, 5.74) is 5.06. The lowest BCUT2D eigenvalue weighted by Crippen LogP contribution is -2.22. The monoisotopic (exact) mass is 405 g/mol. The highest BCUT2D eigenvalue weighted by atomic mass is 79.9. The molecule has 0 aromatic heterocycles. The molecule has 134 valence electrons. The topological polar surface area (TPSA) is 23.5 Å². The van der Waals surface area contributed by atoms with Crippen molar-refractivity contribution in [3.8, 4) is 0 Å². The highest BCUT2D eigenvalue weighted by Gasteiger charge is 2.21. The zero-order valence-electron chi connectivity index (χ0n) is 15.5. The van der Waals surface area contributed by atoms with Crippen LogP contribution in [0.4, 0.5) is 4.39 Å². The first-order chi connectivity index (χ1) is 11.8. The number of aliphatic hydroxyl groups excluding tert-OH is 1. The van der Waals surface area contributed by atoms with Crippen LogP contribution in [-0.4, -0.2) is 17.1 Å². The first kappa shape index (κ1) is 19.5. The Labute approximate surface area is 158 Å². The molecule has 1 aliphatic heterocycles. The summed E-state index contributed by atoms with van der Waals surface area (Å²) in [7, 11) is 1.93. The molecule has 1 aliphatic rings. The third-order valence-corrected chi connectivity index (χ3v) is 5.14. The minimum atomic E-state index is -0.279. The summed E-state index contributed by atoms with van der Waals surface area (Å²) in [6, 6.07) is 5.08. The number of likely N-dealkylation sites (N-methyl/N-ethyl adjacent to an activating group) is 1. The number of benzene rings is 1. The fourth-order valence-corrected chi connectivity index (χ4v) is 3.23. The average molecular weight is 406 g/mol. The second kappa shape index (κ2) is 8.05. The van der Waals surface area contributed by atoms with E-state index in [4.69, 9.17) is 0 Å². The smallest absolute Gasteiger partial charge is 0.142 e. The standard InChI is InChI=1S/C21H25BrFNO/c1-6-13(3)18(17-9-8-15(22)11-19(17)23)12-20-21(25)14(4)10-16(7-2)24(20)5/h8-12,25H,6-7H2,1-5H3/b18-13+,20-12-. The molecule has 0 radical (unpaired) electrons. The summed E-state index contributed by atoms with van der Waals surface area (Å²) in [6.45, 7) is 8.02. The molecule has 0 aliphatic carbocycles. The van der Waals surface area contributed by atoms with Crippen molar-refractivity contribution in [2.75, 3.05) is 7.05 Å². The summed E-state index contributed by atoms with van der Waals surface area (Å²) in [5, 5.41) is 10.6. The summed E-state index contributed by atoms with van der Waals surface area (Å²) in [4.78, 5) is 1.97. The van der Waals surface area contributed by atoms with E-state index in [1.165, 1.54) is 6.07 Å². The first-order valence-corrected chi connectivity index (χ1v) is 9.30. The second-order valence-corrected chi connectivity index (χ2v) is 7.20. The van der Waals surface area contributed by atoms with Gasteiger partial charge in [0, 0.05) is 22.8 Å². The minimum absolute atomic E-state index is 0.235. The first-order valence-electron chi connectivity index (χ1n) is 8.51. The van der Waals surface area contributed by atoms with Gasteiger partial charge in [0.2, 0.25) is 0 Å². The summed E-state index contributed by atoms with van der Waals surface area (Å²) >= 11 is 3.31. The van der Waals surface area contributed by atoms with Crippen molar-refractivity contribution in [3.05, 3.63) is 74.5 Å². The Morgan fingerprint density at radius 2 is 2.00 bits per heavy atom. The third-order valence-electron chi connectivity index (χ3n) is 4.65. The SMILES string of the molecule is CCC1=CC(C)=C(O)/C(=C/C(=C(/C)CC)c2ccc(Br)cc2F)N1C. The molecule has 0 atom stereocenters. The Morgan fingerprint density at radius 3 is 2.56 bits per heavy atom. The predicted octanol–water partition coefficient (Wildman–Crippen LogP) is 6.73. The zero-order chi connectivity index (χ0) is 18.7. The lowest BCUT2D eigenvalue weighted by molar-refractivity contribution is 0.362. The fraction of sp³-hybridized carbons (Fsp3) is 0.333. The van der Waals surface area contributed by atoms with Gasteiger partial charge in [-0.25, -0.2) is 4.39 Å². The van der Waals surface area contributed by atoms with Gasteiger partial charge in [0.1, 0.15) is 11.6 Å². The summed E-state index contributed by atoms with van der Waals surface area (Å²) < 4.78 is 15.3. The van der Waals surface area contributed by atoms with Crippen LogP contribution < -0.4 is 0 Å². The third kappa shape index (κ3) is 4.06. The van der Waals surface area contributed by atoms with E-state index in [1.54, 1.807) is 6.07 Å². The Morgan fingerprint density at radius 1 is 1.32 bits per heavy atom. The van der Waals surface area contributed by atoms with Gasteiger partial charge >= 0.3 is 0 Å². The summed E-state index contributed by atoms with van der Waals surface area (Å²) in [5.74, 6) is -0.0439. The van der Waals surface area contributed by atoms with Crippen LogP contribution in [-0.2, 0) is 0 Å². The average Bonchev–Trinajstić information content (AvgIpc) is 2.58. The van der Waals surface area contributed by atoms with E-state index < -0.39 is 0 Å².